The second-order valence-corrected chi connectivity index (χ2v) is 8.31. The maximum Gasteiger partial charge on any atom is 0.238 e. The predicted molar refractivity (Wildman–Crippen MR) is 103 cm³/mol. The SMILES string of the molecule is CC1CC(C)CN(CC(=O)Nc2c(C(C)C)cccc2C(C)C)C1. The Morgan fingerprint density at radius 1 is 1.08 bits per heavy atom. The molecule has 1 aliphatic rings. The zero-order valence-corrected chi connectivity index (χ0v) is 16.2. The van der Waals surface area contributed by atoms with E-state index in [0.717, 1.165) is 18.8 Å². The lowest BCUT2D eigenvalue weighted by molar-refractivity contribution is -0.117. The van der Waals surface area contributed by atoms with E-state index in [2.05, 4.69) is 70.0 Å². The molecule has 2 unspecified atom stereocenters. The van der Waals surface area contributed by atoms with Gasteiger partial charge in [0.05, 0.1) is 6.54 Å². The molecule has 1 fully saturated rings. The van der Waals surface area contributed by atoms with Gasteiger partial charge in [-0.05, 0) is 41.2 Å². The van der Waals surface area contributed by atoms with Crippen LogP contribution in [-0.4, -0.2) is 30.4 Å². The Morgan fingerprint density at radius 2 is 1.58 bits per heavy atom. The summed E-state index contributed by atoms with van der Waals surface area (Å²) in [6.07, 6.45) is 1.27. The molecule has 0 spiro atoms. The largest absolute Gasteiger partial charge is 0.324 e. The van der Waals surface area contributed by atoms with Crippen LogP contribution in [0, 0.1) is 11.8 Å². The fraction of sp³-hybridized carbons (Fsp3) is 0.667. The lowest BCUT2D eigenvalue weighted by atomic mass is 9.91. The quantitative estimate of drug-likeness (QED) is 0.837. The van der Waals surface area contributed by atoms with Crippen LogP contribution in [0.2, 0.25) is 0 Å². The van der Waals surface area contributed by atoms with Crippen molar-refractivity contribution >= 4 is 11.6 Å². The molecule has 2 rings (SSSR count). The molecule has 24 heavy (non-hydrogen) atoms. The summed E-state index contributed by atoms with van der Waals surface area (Å²) in [7, 11) is 0. The Hall–Kier alpha value is -1.35. The number of nitrogens with zero attached hydrogens (tertiary/aromatic N) is 1. The number of nitrogens with one attached hydrogen (secondary N) is 1. The number of carbonyl (C=O) groups excluding carboxylic acids is 1. The highest BCUT2D eigenvalue weighted by Gasteiger charge is 2.24. The molecule has 1 saturated heterocycles. The molecule has 1 aromatic carbocycles. The molecule has 134 valence electrons. The predicted octanol–water partition coefficient (Wildman–Crippen LogP) is 4.85. The summed E-state index contributed by atoms with van der Waals surface area (Å²) in [5.74, 6) is 2.26. The van der Waals surface area contributed by atoms with Gasteiger partial charge in [0, 0.05) is 18.8 Å². The van der Waals surface area contributed by atoms with Crippen LogP contribution in [0.25, 0.3) is 0 Å². The highest BCUT2D eigenvalue weighted by atomic mass is 16.2. The lowest BCUT2D eigenvalue weighted by Crippen LogP contribution is -2.43. The Balaban J connectivity index is 2.13. The van der Waals surface area contributed by atoms with Gasteiger partial charge in [0.25, 0.3) is 0 Å². The summed E-state index contributed by atoms with van der Waals surface area (Å²) in [6.45, 7) is 15.9. The second kappa shape index (κ2) is 8.15. The minimum Gasteiger partial charge on any atom is -0.324 e. The van der Waals surface area contributed by atoms with E-state index in [1.54, 1.807) is 0 Å². The van der Waals surface area contributed by atoms with Gasteiger partial charge in [0.15, 0.2) is 0 Å². The summed E-state index contributed by atoms with van der Waals surface area (Å²) in [5.41, 5.74) is 3.50. The number of hydrogen-bond donors (Lipinski definition) is 1. The molecular formula is C21H34N2O. The summed E-state index contributed by atoms with van der Waals surface area (Å²) < 4.78 is 0. The molecule has 0 radical (unpaired) electrons. The molecule has 1 aliphatic heterocycles. The average molecular weight is 331 g/mol. The zero-order chi connectivity index (χ0) is 17.9. The number of rotatable bonds is 5. The highest BCUT2D eigenvalue weighted by Crippen LogP contribution is 2.32. The summed E-state index contributed by atoms with van der Waals surface area (Å²) in [4.78, 5) is 15.0. The summed E-state index contributed by atoms with van der Waals surface area (Å²) in [6, 6.07) is 6.38. The van der Waals surface area contributed by atoms with Gasteiger partial charge in [-0.15, -0.1) is 0 Å². The molecule has 1 amide bonds. The molecule has 0 saturated carbocycles. The van der Waals surface area contributed by atoms with E-state index in [1.165, 1.54) is 17.5 Å². The first-order valence-corrected chi connectivity index (χ1v) is 9.42. The molecule has 3 heteroatoms. The van der Waals surface area contributed by atoms with Crippen molar-refractivity contribution in [1.29, 1.82) is 0 Å². The van der Waals surface area contributed by atoms with Crippen LogP contribution in [0.5, 0.6) is 0 Å². The number of benzene rings is 1. The van der Waals surface area contributed by atoms with Crippen LogP contribution in [-0.2, 0) is 4.79 Å². The third-order valence-corrected chi connectivity index (χ3v) is 4.95. The van der Waals surface area contributed by atoms with Crippen molar-refractivity contribution in [2.75, 3.05) is 25.0 Å². The van der Waals surface area contributed by atoms with E-state index in [9.17, 15) is 4.79 Å². The topological polar surface area (TPSA) is 32.3 Å². The Labute approximate surface area is 147 Å². The normalized spacial score (nSPS) is 22.2. The minimum absolute atomic E-state index is 0.117. The number of carbonyl (C=O) groups is 1. The third-order valence-electron chi connectivity index (χ3n) is 4.95. The van der Waals surface area contributed by atoms with Crippen LogP contribution in [0.4, 0.5) is 5.69 Å². The van der Waals surface area contributed by atoms with E-state index < -0.39 is 0 Å². The molecular weight excluding hydrogens is 296 g/mol. The van der Waals surface area contributed by atoms with Crippen LogP contribution >= 0.6 is 0 Å². The van der Waals surface area contributed by atoms with Gasteiger partial charge in [-0.25, -0.2) is 0 Å². The molecule has 0 bridgehead atoms. The molecule has 1 aromatic rings. The fourth-order valence-electron chi connectivity index (χ4n) is 4.00. The molecule has 0 aromatic heterocycles. The van der Waals surface area contributed by atoms with E-state index in [-0.39, 0.29) is 5.91 Å². The zero-order valence-electron chi connectivity index (χ0n) is 16.2. The standard InChI is InChI=1S/C21H34N2O/c1-14(2)18-8-7-9-19(15(3)4)21(18)22-20(24)13-23-11-16(5)10-17(6)12-23/h7-9,14-17H,10-13H2,1-6H3,(H,22,24). The van der Waals surface area contributed by atoms with Gasteiger partial charge >= 0.3 is 0 Å². The number of amides is 1. The van der Waals surface area contributed by atoms with Crippen molar-refractivity contribution in [3.63, 3.8) is 0 Å². The van der Waals surface area contributed by atoms with Crippen molar-refractivity contribution in [1.82, 2.24) is 4.90 Å². The Kier molecular flexibility index (Phi) is 6.45. The van der Waals surface area contributed by atoms with Crippen LogP contribution < -0.4 is 5.32 Å². The van der Waals surface area contributed by atoms with Gasteiger partial charge in [0.2, 0.25) is 5.91 Å². The van der Waals surface area contributed by atoms with Crippen molar-refractivity contribution in [3.8, 4) is 0 Å². The average Bonchev–Trinajstić information content (AvgIpc) is 2.45. The van der Waals surface area contributed by atoms with Crippen molar-refractivity contribution in [2.45, 2.75) is 59.8 Å². The summed E-state index contributed by atoms with van der Waals surface area (Å²) in [5, 5.41) is 3.24. The molecule has 0 aliphatic carbocycles. The van der Waals surface area contributed by atoms with E-state index >= 15 is 0 Å². The van der Waals surface area contributed by atoms with Gasteiger partial charge in [-0.2, -0.15) is 0 Å². The first-order chi connectivity index (χ1) is 11.3. The number of para-hydroxylation sites is 1. The first-order valence-electron chi connectivity index (χ1n) is 9.42. The Morgan fingerprint density at radius 3 is 2.04 bits per heavy atom. The van der Waals surface area contributed by atoms with Crippen LogP contribution in [0.3, 0.4) is 0 Å². The van der Waals surface area contributed by atoms with Crippen molar-refractivity contribution in [2.24, 2.45) is 11.8 Å². The maximum atomic E-state index is 12.7. The van der Waals surface area contributed by atoms with Crippen LogP contribution in [0.1, 0.15) is 70.9 Å². The monoisotopic (exact) mass is 330 g/mol. The van der Waals surface area contributed by atoms with Crippen LogP contribution in [0.15, 0.2) is 18.2 Å². The summed E-state index contributed by atoms with van der Waals surface area (Å²) >= 11 is 0. The van der Waals surface area contributed by atoms with Crippen molar-refractivity contribution < 1.29 is 4.79 Å². The molecule has 2 atom stereocenters. The van der Waals surface area contributed by atoms with E-state index in [0.29, 0.717) is 30.2 Å². The number of piperidine rings is 1. The number of hydrogen-bond acceptors (Lipinski definition) is 2. The first kappa shape index (κ1) is 19.0. The molecule has 3 nitrogen and oxygen atoms in total. The minimum atomic E-state index is 0.117. The van der Waals surface area contributed by atoms with Crippen molar-refractivity contribution in [3.05, 3.63) is 29.3 Å². The third kappa shape index (κ3) is 4.83. The lowest BCUT2D eigenvalue weighted by Gasteiger charge is -2.34. The fourth-order valence-corrected chi connectivity index (χ4v) is 4.00. The van der Waals surface area contributed by atoms with Gasteiger partial charge in [0.1, 0.15) is 0 Å². The second-order valence-electron chi connectivity index (χ2n) is 8.31. The van der Waals surface area contributed by atoms with E-state index in [1.807, 2.05) is 0 Å². The number of anilines is 1. The smallest absolute Gasteiger partial charge is 0.238 e. The molecule has 1 heterocycles. The number of likely N-dealkylation sites (tertiary alicyclic amines) is 1. The van der Waals surface area contributed by atoms with Gasteiger partial charge in [-0.1, -0.05) is 59.7 Å². The molecule has 1 N–H and O–H groups in total. The maximum absolute atomic E-state index is 12.7. The van der Waals surface area contributed by atoms with E-state index in [4.69, 9.17) is 0 Å². The Bertz CT molecular complexity index is 529. The van der Waals surface area contributed by atoms with Gasteiger partial charge < -0.3 is 5.32 Å². The van der Waals surface area contributed by atoms with Gasteiger partial charge in [-0.3, -0.25) is 9.69 Å². The highest BCUT2D eigenvalue weighted by molar-refractivity contribution is 5.94.